The Morgan fingerprint density at radius 1 is 1.33 bits per heavy atom. The van der Waals surface area contributed by atoms with Crippen LogP contribution >= 0.6 is 0 Å². The number of hydrogen-bond acceptors (Lipinski definition) is 3. The van der Waals surface area contributed by atoms with Gasteiger partial charge in [0.15, 0.2) is 0 Å². The minimum Gasteiger partial charge on any atom is -0.396 e. The molecule has 2 rings (SSSR count). The molecule has 88 valence electrons. The van der Waals surface area contributed by atoms with E-state index in [4.69, 9.17) is 4.74 Å². The quantitative estimate of drug-likeness (QED) is 0.740. The van der Waals surface area contributed by atoms with Gasteiger partial charge in [0.2, 0.25) is 0 Å². The van der Waals surface area contributed by atoms with Crippen LogP contribution in [0.5, 0.6) is 0 Å². The van der Waals surface area contributed by atoms with Crippen molar-refractivity contribution in [2.45, 2.75) is 44.6 Å². The molecule has 0 aromatic rings. The number of aliphatic hydroxyl groups excluding tert-OH is 1. The van der Waals surface area contributed by atoms with Crippen LogP contribution in [0.1, 0.15) is 38.5 Å². The highest BCUT2D eigenvalue weighted by molar-refractivity contribution is 4.85. The maximum Gasteiger partial charge on any atom is 0.0576 e. The topological polar surface area (TPSA) is 41.5 Å². The zero-order valence-corrected chi connectivity index (χ0v) is 9.50. The van der Waals surface area contributed by atoms with Crippen LogP contribution in [-0.2, 0) is 4.74 Å². The van der Waals surface area contributed by atoms with Crippen LogP contribution in [0.25, 0.3) is 0 Å². The van der Waals surface area contributed by atoms with E-state index in [1.165, 1.54) is 12.8 Å². The molecule has 15 heavy (non-hydrogen) atoms. The van der Waals surface area contributed by atoms with Gasteiger partial charge in [0.05, 0.1) is 6.10 Å². The number of nitrogens with one attached hydrogen (secondary N) is 1. The summed E-state index contributed by atoms with van der Waals surface area (Å²) in [7, 11) is 0. The molecular weight excluding hydrogens is 190 g/mol. The van der Waals surface area contributed by atoms with Gasteiger partial charge in [0.25, 0.3) is 0 Å². The van der Waals surface area contributed by atoms with E-state index in [-0.39, 0.29) is 5.41 Å². The first kappa shape index (κ1) is 11.4. The van der Waals surface area contributed by atoms with Crippen molar-refractivity contribution in [3.63, 3.8) is 0 Å². The second-order valence-electron chi connectivity index (χ2n) is 5.08. The molecule has 0 saturated carbocycles. The molecule has 0 bridgehead atoms. The van der Waals surface area contributed by atoms with Crippen molar-refractivity contribution in [2.24, 2.45) is 5.41 Å². The molecule has 3 nitrogen and oxygen atoms in total. The lowest BCUT2D eigenvalue weighted by molar-refractivity contribution is 0.0468. The Morgan fingerprint density at radius 2 is 2.13 bits per heavy atom. The number of ether oxygens (including phenoxy) is 1. The molecule has 1 atom stereocenters. The van der Waals surface area contributed by atoms with Crippen molar-refractivity contribution < 1.29 is 9.84 Å². The molecule has 2 aliphatic rings. The largest absolute Gasteiger partial charge is 0.396 e. The summed E-state index contributed by atoms with van der Waals surface area (Å²) in [6.07, 6.45) is 7.43. The van der Waals surface area contributed by atoms with Gasteiger partial charge in [-0.15, -0.1) is 0 Å². The summed E-state index contributed by atoms with van der Waals surface area (Å²) in [6.45, 7) is 3.41. The maximum atomic E-state index is 9.55. The van der Waals surface area contributed by atoms with Gasteiger partial charge >= 0.3 is 0 Å². The fourth-order valence-corrected chi connectivity index (χ4v) is 2.78. The number of hydrogen-bond donors (Lipinski definition) is 2. The Balaban J connectivity index is 1.78. The number of piperidine rings is 1. The van der Waals surface area contributed by atoms with E-state index in [1.54, 1.807) is 0 Å². The molecule has 0 aromatic carbocycles. The Morgan fingerprint density at radius 3 is 2.73 bits per heavy atom. The van der Waals surface area contributed by atoms with Gasteiger partial charge < -0.3 is 15.2 Å². The summed E-state index contributed by atoms with van der Waals surface area (Å²) in [5, 5.41) is 12.9. The van der Waals surface area contributed by atoms with Crippen molar-refractivity contribution >= 4 is 0 Å². The lowest BCUT2D eigenvalue weighted by Gasteiger charge is -2.36. The highest BCUT2D eigenvalue weighted by Crippen LogP contribution is 2.35. The molecule has 0 spiro atoms. The fraction of sp³-hybridized carbons (Fsp3) is 1.00. The molecule has 0 amide bonds. The van der Waals surface area contributed by atoms with Gasteiger partial charge in [-0.2, -0.15) is 0 Å². The first-order valence-electron chi connectivity index (χ1n) is 6.28. The fourth-order valence-electron chi connectivity index (χ4n) is 2.78. The monoisotopic (exact) mass is 213 g/mol. The Hall–Kier alpha value is -0.120. The molecule has 2 aliphatic heterocycles. The van der Waals surface area contributed by atoms with E-state index in [1.807, 2.05) is 0 Å². The van der Waals surface area contributed by atoms with Crippen LogP contribution < -0.4 is 5.32 Å². The van der Waals surface area contributed by atoms with Gasteiger partial charge in [-0.05, 0) is 57.0 Å². The van der Waals surface area contributed by atoms with E-state index in [9.17, 15) is 5.11 Å². The van der Waals surface area contributed by atoms with E-state index in [0.717, 1.165) is 45.4 Å². The first-order valence-corrected chi connectivity index (χ1v) is 6.28. The summed E-state index contributed by atoms with van der Waals surface area (Å²) in [5.74, 6) is 0. The van der Waals surface area contributed by atoms with Crippen molar-refractivity contribution in [3.8, 4) is 0 Å². The van der Waals surface area contributed by atoms with Gasteiger partial charge in [-0.1, -0.05) is 0 Å². The summed E-state index contributed by atoms with van der Waals surface area (Å²) in [5.41, 5.74) is 0.192. The molecule has 0 aliphatic carbocycles. The standard InChI is InChI=1S/C12H23NO2/c14-10-12(5-7-13-8-6-12)4-3-11-2-1-9-15-11/h11,13-14H,1-10H2. The average molecular weight is 213 g/mol. The Bertz CT molecular complexity index is 184. The second kappa shape index (κ2) is 5.28. The zero-order valence-electron chi connectivity index (χ0n) is 9.50. The summed E-state index contributed by atoms with van der Waals surface area (Å²) in [6, 6.07) is 0. The van der Waals surface area contributed by atoms with Crippen LogP contribution in [0.4, 0.5) is 0 Å². The predicted octanol–water partition coefficient (Wildman–Crippen LogP) is 1.31. The van der Waals surface area contributed by atoms with Crippen LogP contribution in [0.3, 0.4) is 0 Å². The van der Waals surface area contributed by atoms with Crippen LogP contribution in [0.15, 0.2) is 0 Å². The molecule has 1 unspecified atom stereocenters. The molecule has 2 fully saturated rings. The second-order valence-corrected chi connectivity index (χ2v) is 5.08. The van der Waals surface area contributed by atoms with Crippen LogP contribution in [0, 0.1) is 5.41 Å². The molecule has 3 heteroatoms. The number of aliphatic hydroxyl groups is 1. The number of rotatable bonds is 4. The Labute approximate surface area is 92.2 Å². The summed E-state index contributed by atoms with van der Waals surface area (Å²) in [4.78, 5) is 0. The third-order valence-electron chi connectivity index (χ3n) is 4.02. The summed E-state index contributed by atoms with van der Waals surface area (Å²) < 4.78 is 5.64. The maximum absolute atomic E-state index is 9.55. The van der Waals surface area contributed by atoms with Gasteiger partial charge in [0, 0.05) is 13.2 Å². The predicted molar refractivity (Wildman–Crippen MR) is 59.8 cm³/mol. The van der Waals surface area contributed by atoms with E-state index >= 15 is 0 Å². The van der Waals surface area contributed by atoms with Gasteiger partial charge in [-0.3, -0.25) is 0 Å². The van der Waals surface area contributed by atoms with Crippen molar-refractivity contribution in [3.05, 3.63) is 0 Å². The third-order valence-corrected chi connectivity index (χ3v) is 4.02. The van der Waals surface area contributed by atoms with Crippen molar-refractivity contribution in [1.29, 1.82) is 0 Å². The minimum atomic E-state index is 0.192. The molecule has 0 radical (unpaired) electrons. The summed E-state index contributed by atoms with van der Waals surface area (Å²) >= 11 is 0. The molecule has 0 aromatic heterocycles. The first-order chi connectivity index (χ1) is 7.35. The van der Waals surface area contributed by atoms with Crippen molar-refractivity contribution in [2.75, 3.05) is 26.3 Å². The minimum absolute atomic E-state index is 0.192. The molecule has 2 N–H and O–H groups in total. The van der Waals surface area contributed by atoms with Crippen LogP contribution in [-0.4, -0.2) is 37.5 Å². The van der Waals surface area contributed by atoms with Crippen LogP contribution in [0.2, 0.25) is 0 Å². The lowest BCUT2D eigenvalue weighted by Crippen LogP contribution is -2.39. The zero-order chi connectivity index (χ0) is 10.6. The van der Waals surface area contributed by atoms with E-state index in [2.05, 4.69) is 5.32 Å². The average Bonchev–Trinajstić information content (AvgIpc) is 2.81. The third kappa shape index (κ3) is 2.92. The van der Waals surface area contributed by atoms with Gasteiger partial charge in [0.1, 0.15) is 0 Å². The Kier molecular flexibility index (Phi) is 4.00. The molecular formula is C12H23NO2. The smallest absolute Gasteiger partial charge is 0.0576 e. The van der Waals surface area contributed by atoms with Gasteiger partial charge in [-0.25, -0.2) is 0 Å². The van der Waals surface area contributed by atoms with Crippen molar-refractivity contribution in [1.82, 2.24) is 5.32 Å². The van der Waals surface area contributed by atoms with E-state index < -0.39 is 0 Å². The molecule has 2 heterocycles. The lowest BCUT2D eigenvalue weighted by atomic mass is 9.75. The SMILES string of the molecule is OCC1(CCC2CCCO2)CCNCC1. The normalized spacial score (nSPS) is 30.6. The highest BCUT2D eigenvalue weighted by Gasteiger charge is 2.32. The van der Waals surface area contributed by atoms with E-state index in [0.29, 0.717) is 12.7 Å². The highest BCUT2D eigenvalue weighted by atomic mass is 16.5. The molecule has 2 saturated heterocycles.